The minimum atomic E-state index is 0.745. The lowest BCUT2D eigenvalue weighted by atomic mass is 10.1. The van der Waals surface area contributed by atoms with Gasteiger partial charge in [-0.05, 0) is 30.9 Å². The van der Waals surface area contributed by atoms with Gasteiger partial charge in [0.05, 0.1) is 6.61 Å². The molecule has 0 aromatic heterocycles. The van der Waals surface area contributed by atoms with Gasteiger partial charge >= 0.3 is 0 Å². The highest BCUT2D eigenvalue weighted by Gasteiger charge is 2.23. The first-order valence-electron chi connectivity index (χ1n) is 5.79. The van der Waals surface area contributed by atoms with E-state index in [9.17, 15) is 0 Å². The van der Waals surface area contributed by atoms with E-state index in [4.69, 9.17) is 4.74 Å². The molecule has 2 aliphatic rings. The summed E-state index contributed by atoms with van der Waals surface area (Å²) < 4.78 is 5.38. The van der Waals surface area contributed by atoms with Crippen LogP contribution < -0.4 is 5.32 Å². The van der Waals surface area contributed by atoms with Gasteiger partial charge in [-0.25, -0.2) is 0 Å². The maximum absolute atomic E-state index is 5.38. The molecule has 0 radical (unpaired) electrons. The van der Waals surface area contributed by atoms with Crippen LogP contribution in [0.3, 0.4) is 0 Å². The third kappa shape index (κ3) is 2.88. The molecule has 82 valence electrons. The van der Waals surface area contributed by atoms with Crippen LogP contribution >= 0.6 is 11.8 Å². The van der Waals surface area contributed by atoms with Crippen molar-refractivity contribution >= 4 is 11.8 Å². The predicted octanol–water partition coefficient (Wildman–Crippen LogP) is 1.90. The number of nitrogens with one attached hydrogen (secondary N) is 1. The van der Waals surface area contributed by atoms with Crippen molar-refractivity contribution in [3.05, 3.63) is 0 Å². The molecule has 3 atom stereocenters. The lowest BCUT2D eigenvalue weighted by Gasteiger charge is -2.30. The van der Waals surface area contributed by atoms with Crippen molar-refractivity contribution in [1.29, 1.82) is 0 Å². The molecule has 14 heavy (non-hydrogen) atoms. The summed E-state index contributed by atoms with van der Waals surface area (Å²) in [6, 6.07) is 0.745. The number of thioether (sulfide) groups is 1. The Balaban J connectivity index is 1.67. The van der Waals surface area contributed by atoms with Gasteiger partial charge in [-0.3, -0.25) is 0 Å². The summed E-state index contributed by atoms with van der Waals surface area (Å²) >= 11 is 2.11. The van der Waals surface area contributed by atoms with E-state index >= 15 is 0 Å². The Bertz CT molecular complexity index is 171. The van der Waals surface area contributed by atoms with Crippen molar-refractivity contribution in [3.8, 4) is 0 Å². The van der Waals surface area contributed by atoms with Crippen LogP contribution in [0.15, 0.2) is 0 Å². The molecular formula is C11H21NOS. The third-order valence-electron chi connectivity index (χ3n) is 3.30. The summed E-state index contributed by atoms with van der Waals surface area (Å²) in [5, 5.41) is 4.51. The second kappa shape index (κ2) is 5.38. The van der Waals surface area contributed by atoms with E-state index < -0.39 is 0 Å². The van der Waals surface area contributed by atoms with Gasteiger partial charge in [0.25, 0.3) is 0 Å². The highest BCUT2D eigenvalue weighted by molar-refractivity contribution is 7.99. The Labute approximate surface area is 91.2 Å². The zero-order valence-corrected chi connectivity index (χ0v) is 9.81. The number of hydrogen-bond donors (Lipinski definition) is 1. The molecule has 0 aromatic rings. The topological polar surface area (TPSA) is 21.3 Å². The first-order valence-corrected chi connectivity index (χ1v) is 6.84. The fraction of sp³-hybridized carbons (Fsp3) is 1.00. The average Bonchev–Trinajstić information content (AvgIpc) is 2.69. The molecule has 2 saturated heterocycles. The molecule has 2 heterocycles. The maximum Gasteiger partial charge on any atom is 0.0507 e. The monoisotopic (exact) mass is 215 g/mol. The van der Waals surface area contributed by atoms with Crippen LogP contribution in [0.2, 0.25) is 0 Å². The second-order valence-corrected chi connectivity index (χ2v) is 5.95. The average molecular weight is 215 g/mol. The normalized spacial score (nSPS) is 38.8. The molecule has 0 aromatic carbocycles. The molecule has 3 heteroatoms. The summed E-state index contributed by atoms with van der Waals surface area (Å²) in [4.78, 5) is 0. The SMILES string of the molecule is CC1SCCCC1NCC1CCOC1. The molecule has 0 aliphatic carbocycles. The lowest BCUT2D eigenvalue weighted by molar-refractivity contribution is 0.184. The van der Waals surface area contributed by atoms with Gasteiger partial charge in [-0.2, -0.15) is 11.8 Å². The standard InChI is InChI=1S/C11H21NOS/c1-9-11(3-2-6-14-9)12-7-10-4-5-13-8-10/h9-12H,2-8H2,1H3. The van der Waals surface area contributed by atoms with Crippen LogP contribution in [0.5, 0.6) is 0 Å². The van der Waals surface area contributed by atoms with Gasteiger partial charge in [-0.15, -0.1) is 0 Å². The molecule has 0 amide bonds. The number of ether oxygens (including phenoxy) is 1. The van der Waals surface area contributed by atoms with E-state index in [1.54, 1.807) is 0 Å². The lowest BCUT2D eigenvalue weighted by Crippen LogP contribution is -2.41. The van der Waals surface area contributed by atoms with Gasteiger partial charge < -0.3 is 10.1 Å². The van der Waals surface area contributed by atoms with Crippen molar-refractivity contribution in [2.45, 2.75) is 37.5 Å². The second-order valence-electron chi connectivity index (χ2n) is 4.46. The maximum atomic E-state index is 5.38. The van der Waals surface area contributed by atoms with Gasteiger partial charge in [0.1, 0.15) is 0 Å². The summed E-state index contributed by atoms with van der Waals surface area (Å²) in [6.45, 7) is 5.46. The molecule has 2 aliphatic heterocycles. The van der Waals surface area contributed by atoms with Gasteiger partial charge in [0.15, 0.2) is 0 Å². The number of hydrogen-bond acceptors (Lipinski definition) is 3. The molecule has 0 spiro atoms. The van der Waals surface area contributed by atoms with Gasteiger partial charge in [0.2, 0.25) is 0 Å². The minimum absolute atomic E-state index is 0.745. The Morgan fingerprint density at radius 2 is 2.36 bits per heavy atom. The van der Waals surface area contributed by atoms with E-state index in [0.29, 0.717) is 0 Å². The fourth-order valence-corrected chi connectivity index (χ4v) is 3.42. The third-order valence-corrected chi connectivity index (χ3v) is 4.68. The highest BCUT2D eigenvalue weighted by atomic mass is 32.2. The highest BCUT2D eigenvalue weighted by Crippen LogP contribution is 2.25. The van der Waals surface area contributed by atoms with Crippen LogP contribution in [0.25, 0.3) is 0 Å². The van der Waals surface area contributed by atoms with Crippen molar-refractivity contribution < 1.29 is 4.74 Å². The van der Waals surface area contributed by atoms with E-state index in [1.165, 1.54) is 25.0 Å². The molecule has 2 rings (SSSR count). The predicted molar refractivity (Wildman–Crippen MR) is 61.9 cm³/mol. The summed E-state index contributed by atoms with van der Waals surface area (Å²) in [5.41, 5.74) is 0. The Morgan fingerprint density at radius 3 is 3.07 bits per heavy atom. The molecule has 1 N–H and O–H groups in total. The molecular weight excluding hydrogens is 194 g/mol. The van der Waals surface area contributed by atoms with E-state index in [0.717, 1.165) is 37.0 Å². The molecule has 0 saturated carbocycles. The zero-order chi connectivity index (χ0) is 9.80. The zero-order valence-electron chi connectivity index (χ0n) is 9.00. The van der Waals surface area contributed by atoms with Crippen LogP contribution in [0.4, 0.5) is 0 Å². The van der Waals surface area contributed by atoms with Crippen LogP contribution in [-0.4, -0.2) is 36.8 Å². The van der Waals surface area contributed by atoms with Crippen LogP contribution in [0, 0.1) is 5.92 Å². The Kier molecular flexibility index (Phi) is 4.14. The van der Waals surface area contributed by atoms with Gasteiger partial charge in [0, 0.05) is 24.4 Å². The van der Waals surface area contributed by atoms with Crippen molar-refractivity contribution in [3.63, 3.8) is 0 Å². The number of rotatable bonds is 3. The van der Waals surface area contributed by atoms with Crippen molar-refractivity contribution in [2.24, 2.45) is 5.92 Å². The molecule has 0 bridgehead atoms. The van der Waals surface area contributed by atoms with Crippen LogP contribution in [-0.2, 0) is 4.74 Å². The summed E-state index contributed by atoms with van der Waals surface area (Å²) in [6.07, 6.45) is 4.00. The fourth-order valence-electron chi connectivity index (χ4n) is 2.25. The Morgan fingerprint density at radius 1 is 1.43 bits per heavy atom. The quantitative estimate of drug-likeness (QED) is 0.777. The summed E-state index contributed by atoms with van der Waals surface area (Å²) in [7, 11) is 0. The van der Waals surface area contributed by atoms with E-state index in [2.05, 4.69) is 24.0 Å². The molecule has 2 fully saturated rings. The summed E-state index contributed by atoms with van der Waals surface area (Å²) in [5.74, 6) is 2.13. The first-order chi connectivity index (χ1) is 6.86. The van der Waals surface area contributed by atoms with Crippen LogP contribution in [0.1, 0.15) is 26.2 Å². The van der Waals surface area contributed by atoms with E-state index in [-0.39, 0.29) is 0 Å². The largest absolute Gasteiger partial charge is 0.381 e. The van der Waals surface area contributed by atoms with E-state index in [1.807, 2.05) is 0 Å². The smallest absolute Gasteiger partial charge is 0.0507 e. The van der Waals surface area contributed by atoms with Crippen molar-refractivity contribution in [2.75, 3.05) is 25.5 Å². The minimum Gasteiger partial charge on any atom is -0.381 e. The first kappa shape index (κ1) is 10.8. The Hall–Kier alpha value is 0.270. The van der Waals surface area contributed by atoms with Crippen molar-refractivity contribution in [1.82, 2.24) is 5.32 Å². The molecule has 3 unspecified atom stereocenters. The van der Waals surface area contributed by atoms with Gasteiger partial charge in [-0.1, -0.05) is 6.92 Å². The molecule has 2 nitrogen and oxygen atoms in total.